The van der Waals surface area contributed by atoms with Crippen LogP contribution in [0, 0.1) is 5.92 Å². The summed E-state index contributed by atoms with van der Waals surface area (Å²) in [6.07, 6.45) is 1.86. The highest BCUT2D eigenvalue weighted by molar-refractivity contribution is 6.31. The lowest BCUT2D eigenvalue weighted by Crippen LogP contribution is -2.32. The molecule has 1 unspecified atom stereocenters. The molecule has 0 radical (unpaired) electrons. The number of benzene rings is 1. The number of carbonyl (C=O) groups excluding carboxylic acids is 2. The lowest BCUT2D eigenvalue weighted by Gasteiger charge is -2.20. The third kappa shape index (κ3) is 4.36. The van der Waals surface area contributed by atoms with Crippen LogP contribution in [0.15, 0.2) is 36.5 Å². The maximum atomic E-state index is 12.6. The summed E-state index contributed by atoms with van der Waals surface area (Å²) < 4.78 is 5.33. The predicted octanol–water partition coefficient (Wildman–Crippen LogP) is 2.48. The number of pyridine rings is 1. The van der Waals surface area contributed by atoms with Crippen molar-refractivity contribution in [1.82, 2.24) is 10.3 Å². The SMILES string of the molecule is COc1ccc(Cl)cc1N1CC(C(=O)NCc2ccnc(N(C)C)c2)CC1=O. The fourth-order valence-electron chi connectivity index (χ4n) is 3.14. The molecule has 2 amide bonds. The van der Waals surface area contributed by atoms with Crippen LogP contribution in [0.3, 0.4) is 0 Å². The molecule has 3 rings (SSSR count). The van der Waals surface area contributed by atoms with Crippen molar-refractivity contribution >= 4 is 34.9 Å². The first kappa shape index (κ1) is 19.9. The third-order valence-electron chi connectivity index (χ3n) is 4.66. The van der Waals surface area contributed by atoms with Crippen LogP contribution in [0.4, 0.5) is 11.5 Å². The van der Waals surface area contributed by atoms with Gasteiger partial charge in [-0.15, -0.1) is 0 Å². The van der Waals surface area contributed by atoms with Crippen molar-refractivity contribution in [1.29, 1.82) is 0 Å². The van der Waals surface area contributed by atoms with Gasteiger partial charge in [-0.1, -0.05) is 11.6 Å². The molecule has 2 aromatic rings. The Balaban J connectivity index is 1.66. The molecule has 8 heteroatoms. The van der Waals surface area contributed by atoms with Crippen LogP contribution in [0.2, 0.25) is 5.02 Å². The number of nitrogens with zero attached hydrogens (tertiary/aromatic N) is 3. The van der Waals surface area contributed by atoms with Gasteiger partial charge in [0.2, 0.25) is 11.8 Å². The second-order valence-electron chi connectivity index (χ2n) is 6.86. The molecule has 0 saturated carbocycles. The standard InChI is InChI=1S/C20H23ClN4O3/c1-24(2)18-8-13(6-7-22-18)11-23-20(27)14-9-19(26)25(12-14)16-10-15(21)4-5-17(16)28-3/h4-8,10,14H,9,11-12H2,1-3H3,(H,23,27). The van der Waals surface area contributed by atoms with Gasteiger partial charge in [-0.25, -0.2) is 4.98 Å². The Hall–Kier alpha value is -2.80. The van der Waals surface area contributed by atoms with E-state index in [9.17, 15) is 9.59 Å². The molecule has 148 valence electrons. The normalized spacial score (nSPS) is 16.2. The van der Waals surface area contributed by atoms with Crippen LogP contribution in [-0.2, 0) is 16.1 Å². The van der Waals surface area contributed by atoms with E-state index >= 15 is 0 Å². The third-order valence-corrected chi connectivity index (χ3v) is 4.90. The Morgan fingerprint density at radius 2 is 2.14 bits per heavy atom. The maximum Gasteiger partial charge on any atom is 0.227 e. The molecular formula is C20H23ClN4O3. The number of ether oxygens (including phenoxy) is 1. The molecular weight excluding hydrogens is 380 g/mol. The van der Waals surface area contributed by atoms with Crippen molar-refractivity contribution in [2.45, 2.75) is 13.0 Å². The van der Waals surface area contributed by atoms with Crippen molar-refractivity contribution < 1.29 is 14.3 Å². The monoisotopic (exact) mass is 402 g/mol. The molecule has 1 atom stereocenters. The minimum atomic E-state index is -0.425. The maximum absolute atomic E-state index is 12.6. The largest absolute Gasteiger partial charge is 0.495 e. The second kappa shape index (κ2) is 8.48. The minimum absolute atomic E-state index is 0.125. The number of nitrogens with one attached hydrogen (secondary N) is 1. The van der Waals surface area contributed by atoms with Crippen LogP contribution in [0.1, 0.15) is 12.0 Å². The van der Waals surface area contributed by atoms with Gasteiger partial charge in [0.1, 0.15) is 11.6 Å². The summed E-state index contributed by atoms with van der Waals surface area (Å²) in [5, 5.41) is 3.42. The average Bonchev–Trinajstić information content (AvgIpc) is 3.08. The fraction of sp³-hybridized carbons (Fsp3) is 0.350. The Morgan fingerprint density at radius 1 is 1.36 bits per heavy atom. The molecule has 1 aromatic heterocycles. The van der Waals surface area contributed by atoms with E-state index in [-0.39, 0.29) is 18.2 Å². The van der Waals surface area contributed by atoms with Gasteiger partial charge in [-0.3, -0.25) is 9.59 Å². The summed E-state index contributed by atoms with van der Waals surface area (Å²) >= 11 is 6.07. The number of aromatic nitrogens is 1. The molecule has 1 aromatic carbocycles. The Morgan fingerprint density at radius 3 is 2.86 bits per heavy atom. The molecule has 0 bridgehead atoms. The number of anilines is 2. The van der Waals surface area contributed by atoms with E-state index in [0.717, 1.165) is 11.4 Å². The zero-order chi connectivity index (χ0) is 20.3. The Kier molecular flexibility index (Phi) is 6.04. The van der Waals surface area contributed by atoms with E-state index in [1.165, 1.54) is 7.11 Å². The zero-order valence-electron chi connectivity index (χ0n) is 16.1. The number of hydrogen-bond donors (Lipinski definition) is 1. The van der Waals surface area contributed by atoms with Crippen LogP contribution in [-0.4, -0.2) is 44.5 Å². The highest BCUT2D eigenvalue weighted by Crippen LogP contribution is 2.35. The molecule has 0 aliphatic carbocycles. The highest BCUT2D eigenvalue weighted by Gasteiger charge is 2.36. The van der Waals surface area contributed by atoms with E-state index in [2.05, 4.69) is 10.3 Å². The molecule has 1 aliphatic heterocycles. The quantitative estimate of drug-likeness (QED) is 0.803. The van der Waals surface area contributed by atoms with Gasteiger partial charge in [-0.05, 0) is 35.9 Å². The molecule has 28 heavy (non-hydrogen) atoms. The van der Waals surface area contributed by atoms with E-state index < -0.39 is 5.92 Å². The fourth-order valence-corrected chi connectivity index (χ4v) is 3.31. The average molecular weight is 403 g/mol. The molecule has 1 N–H and O–H groups in total. The van der Waals surface area contributed by atoms with E-state index in [1.807, 2.05) is 31.1 Å². The number of amides is 2. The molecule has 2 heterocycles. The Bertz CT molecular complexity index is 888. The molecule has 1 fully saturated rings. The van der Waals surface area contributed by atoms with Crippen LogP contribution < -0.4 is 19.9 Å². The summed E-state index contributed by atoms with van der Waals surface area (Å²) in [5.74, 6) is 0.666. The van der Waals surface area contributed by atoms with Gasteiger partial charge in [-0.2, -0.15) is 0 Å². The first-order valence-corrected chi connectivity index (χ1v) is 9.30. The molecule has 7 nitrogen and oxygen atoms in total. The number of carbonyl (C=O) groups is 2. The Labute approximate surface area is 169 Å². The minimum Gasteiger partial charge on any atom is -0.495 e. The van der Waals surface area contributed by atoms with Crippen LogP contribution in [0.25, 0.3) is 0 Å². The summed E-state index contributed by atoms with van der Waals surface area (Å²) in [6.45, 7) is 0.675. The topological polar surface area (TPSA) is 74.8 Å². The highest BCUT2D eigenvalue weighted by atomic mass is 35.5. The van der Waals surface area contributed by atoms with Crippen molar-refractivity contribution in [3.8, 4) is 5.75 Å². The zero-order valence-corrected chi connectivity index (χ0v) is 16.9. The van der Waals surface area contributed by atoms with E-state index in [1.54, 1.807) is 29.3 Å². The first-order chi connectivity index (χ1) is 13.4. The van der Waals surface area contributed by atoms with Gasteiger partial charge < -0.3 is 19.9 Å². The summed E-state index contributed by atoms with van der Waals surface area (Å²) in [5.41, 5.74) is 1.53. The van der Waals surface area contributed by atoms with Crippen LogP contribution in [0.5, 0.6) is 5.75 Å². The lowest BCUT2D eigenvalue weighted by molar-refractivity contribution is -0.126. The second-order valence-corrected chi connectivity index (χ2v) is 7.29. The van der Waals surface area contributed by atoms with Crippen molar-refractivity contribution in [2.75, 3.05) is 37.5 Å². The summed E-state index contributed by atoms with van der Waals surface area (Å²) in [7, 11) is 5.36. The number of methoxy groups -OCH3 is 1. The number of rotatable bonds is 6. The van der Waals surface area contributed by atoms with E-state index in [0.29, 0.717) is 29.5 Å². The van der Waals surface area contributed by atoms with Crippen LogP contribution >= 0.6 is 11.6 Å². The van der Waals surface area contributed by atoms with Crippen molar-refractivity contribution in [2.24, 2.45) is 5.92 Å². The van der Waals surface area contributed by atoms with Gasteiger partial charge in [0.25, 0.3) is 0 Å². The van der Waals surface area contributed by atoms with Gasteiger partial charge in [0.15, 0.2) is 0 Å². The van der Waals surface area contributed by atoms with Crippen molar-refractivity contribution in [3.05, 3.63) is 47.1 Å². The predicted molar refractivity (Wildman–Crippen MR) is 109 cm³/mol. The van der Waals surface area contributed by atoms with Gasteiger partial charge in [0, 0.05) is 44.8 Å². The first-order valence-electron chi connectivity index (χ1n) is 8.93. The smallest absolute Gasteiger partial charge is 0.227 e. The number of halogens is 1. The molecule has 0 spiro atoms. The molecule has 1 aliphatic rings. The number of hydrogen-bond acceptors (Lipinski definition) is 5. The lowest BCUT2D eigenvalue weighted by atomic mass is 10.1. The van der Waals surface area contributed by atoms with E-state index in [4.69, 9.17) is 16.3 Å². The van der Waals surface area contributed by atoms with Gasteiger partial charge >= 0.3 is 0 Å². The molecule has 1 saturated heterocycles. The summed E-state index contributed by atoms with van der Waals surface area (Å²) in [4.78, 5) is 32.8. The van der Waals surface area contributed by atoms with Gasteiger partial charge in [0.05, 0.1) is 18.7 Å². The van der Waals surface area contributed by atoms with Crippen molar-refractivity contribution in [3.63, 3.8) is 0 Å². The summed E-state index contributed by atoms with van der Waals surface area (Å²) in [6, 6.07) is 8.87.